The second-order valence-corrected chi connectivity index (χ2v) is 8.44. The van der Waals surface area contributed by atoms with Gasteiger partial charge in [0.15, 0.2) is 5.65 Å². The van der Waals surface area contributed by atoms with Crippen molar-refractivity contribution in [1.29, 1.82) is 0 Å². The van der Waals surface area contributed by atoms with Crippen molar-refractivity contribution in [3.05, 3.63) is 12.1 Å². The van der Waals surface area contributed by atoms with E-state index in [1.165, 1.54) is 0 Å². The summed E-state index contributed by atoms with van der Waals surface area (Å²) in [6, 6.07) is 4.50. The van der Waals surface area contributed by atoms with Crippen molar-refractivity contribution < 1.29 is 14.6 Å². The fourth-order valence-corrected chi connectivity index (χ4v) is 4.25. The third kappa shape index (κ3) is 3.89. The van der Waals surface area contributed by atoms with Crippen LogP contribution in [0.1, 0.15) is 13.8 Å². The van der Waals surface area contributed by atoms with Crippen LogP contribution < -0.4 is 14.4 Å². The molecule has 0 aliphatic carbocycles. The third-order valence-electron chi connectivity index (χ3n) is 5.11. The Morgan fingerprint density at radius 3 is 2.41 bits per heavy atom. The van der Waals surface area contributed by atoms with E-state index in [2.05, 4.69) is 23.6 Å². The van der Waals surface area contributed by atoms with Gasteiger partial charge in [-0.25, -0.2) is 0 Å². The number of aromatic nitrogens is 3. The number of hydrogen-bond donors (Lipinski definition) is 1. The van der Waals surface area contributed by atoms with Gasteiger partial charge >= 0.3 is 15.2 Å². The Morgan fingerprint density at radius 1 is 1.04 bits per heavy atom. The zero-order valence-electron chi connectivity index (χ0n) is 15.8. The Balaban J connectivity index is 1.82. The van der Waals surface area contributed by atoms with Crippen molar-refractivity contribution in [3.8, 4) is 0 Å². The minimum absolute atomic E-state index is 0.157. The summed E-state index contributed by atoms with van der Waals surface area (Å²) < 4.78 is 12.1. The molecule has 0 amide bonds. The molecule has 0 spiro atoms. The lowest BCUT2D eigenvalue weighted by molar-refractivity contribution is 0.0973. The summed E-state index contributed by atoms with van der Waals surface area (Å²) >= 11 is -0.250. The van der Waals surface area contributed by atoms with E-state index in [1.54, 1.807) is 0 Å². The maximum atomic E-state index is 9.30. The molecule has 0 aromatic carbocycles. The minimum Gasteiger partial charge on any atom is -0.412 e. The highest BCUT2D eigenvalue weighted by molar-refractivity contribution is 6.52. The molecular formula is C18H25AlN5O3. The van der Waals surface area contributed by atoms with E-state index in [1.807, 2.05) is 12.1 Å². The molecule has 0 saturated carbocycles. The lowest BCUT2D eigenvalue weighted by Gasteiger charge is -2.37. The number of hydrogen-bond acceptors (Lipinski definition) is 8. The van der Waals surface area contributed by atoms with Crippen LogP contribution in [0.15, 0.2) is 12.1 Å². The quantitative estimate of drug-likeness (QED) is 0.721. The third-order valence-corrected chi connectivity index (χ3v) is 6.04. The lowest BCUT2D eigenvalue weighted by atomic mass is 10.2. The number of pyridine rings is 1. The largest absolute Gasteiger partial charge is 0.412 e. The van der Waals surface area contributed by atoms with Gasteiger partial charge in [-0.05, 0) is 29.9 Å². The molecule has 9 heteroatoms. The number of aliphatic hydroxyl groups is 1. The van der Waals surface area contributed by atoms with Crippen molar-refractivity contribution in [2.45, 2.75) is 25.9 Å². The summed E-state index contributed by atoms with van der Waals surface area (Å²) in [6.07, 6.45) is 0. The van der Waals surface area contributed by atoms with Crippen LogP contribution in [0.2, 0.25) is 0 Å². The van der Waals surface area contributed by atoms with E-state index in [4.69, 9.17) is 24.4 Å². The molecule has 0 bridgehead atoms. The number of rotatable bonds is 4. The second-order valence-electron chi connectivity index (χ2n) is 7.08. The first-order valence-corrected chi connectivity index (χ1v) is 10.9. The highest BCUT2D eigenvalue weighted by atomic mass is 27.1. The molecule has 0 unspecified atom stereocenters. The second kappa shape index (κ2) is 8.25. The summed E-state index contributed by atoms with van der Waals surface area (Å²) in [4.78, 5) is 19.0. The molecule has 143 valence electrons. The Bertz CT molecular complexity index is 808. The van der Waals surface area contributed by atoms with Gasteiger partial charge in [0, 0.05) is 13.1 Å². The number of ether oxygens (including phenoxy) is 2. The topological polar surface area (TPSA) is 83.8 Å². The Labute approximate surface area is 165 Å². The molecule has 1 radical (unpaired) electrons. The fraction of sp³-hybridized carbons (Fsp3) is 0.611. The van der Waals surface area contributed by atoms with Crippen LogP contribution in [0.25, 0.3) is 11.0 Å². The summed E-state index contributed by atoms with van der Waals surface area (Å²) in [6.45, 7) is 8.59. The van der Waals surface area contributed by atoms with Crippen LogP contribution in [0.5, 0.6) is 0 Å². The first-order valence-electron chi connectivity index (χ1n) is 9.49. The van der Waals surface area contributed by atoms with Gasteiger partial charge < -0.3 is 24.4 Å². The molecule has 27 heavy (non-hydrogen) atoms. The molecule has 2 fully saturated rings. The Morgan fingerprint density at radius 2 is 1.74 bits per heavy atom. The first-order chi connectivity index (χ1) is 13.2. The van der Waals surface area contributed by atoms with Crippen LogP contribution in [0.4, 0.5) is 11.8 Å². The first kappa shape index (κ1) is 18.8. The van der Waals surface area contributed by atoms with Gasteiger partial charge in [-0.1, -0.05) is 6.07 Å². The van der Waals surface area contributed by atoms with E-state index in [-0.39, 0.29) is 32.8 Å². The standard InChI is InChI=1S/C17H22N5O2.CH3O.Al/c1-12-10-23-8-6-21(12)16-14-4-3-5-18-15(14)19-17(20-16)22-7-9-24-11-13(22)2;1-2;/h3-4,12-13H,6-11H2,1-2H3;2H,1H2;/t12-,13-;;/m0../s1. The molecule has 8 nitrogen and oxygen atoms in total. The molecule has 2 saturated heterocycles. The predicted molar refractivity (Wildman–Crippen MR) is 105 cm³/mol. The summed E-state index contributed by atoms with van der Waals surface area (Å²) in [7, 11) is 0. The number of nitrogens with zero attached hydrogens (tertiary/aromatic N) is 5. The van der Waals surface area contributed by atoms with Crippen LogP contribution >= 0.6 is 0 Å². The van der Waals surface area contributed by atoms with Crippen molar-refractivity contribution in [1.82, 2.24) is 15.0 Å². The van der Waals surface area contributed by atoms with Gasteiger partial charge in [-0.2, -0.15) is 9.97 Å². The fourth-order valence-electron chi connectivity index (χ4n) is 3.62. The van der Waals surface area contributed by atoms with Crippen LogP contribution in [-0.4, -0.2) is 92.3 Å². The van der Waals surface area contributed by atoms with Crippen LogP contribution in [-0.2, 0) is 9.47 Å². The van der Waals surface area contributed by atoms with Gasteiger partial charge in [-0.3, -0.25) is 4.98 Å². The van der Waals surface area contributed by atoms with Crippen LogP contribution in [0, 0.1) is 0 Å². The number of morpholine rings is 2. The van der Waals surface area contributed by atoms with Crippen molar-refractivity contribution in [2.75, 3.05) is 54.8 Å². The van der Waals surface area contributed by atoms with Crippen molar-refractivity contribution in [3.63, 3.8) is 0 Å². The molecule has 2 aromatic heterocycles. The molecule has 2 aliphatic rings. The van der Waals surface area contributed by atoms with Crippen molar-refractivity contribution >= 4 is 42.6 Å². The van der Waals surface area contributed by atoms with E-state index in [0.29, 0.717) is 38.0 Å². The normalized spacial score (nSPS) is 23.7. The van der Waals surface area contributed by atoms with Crippen LogP contribution in [0.3, 0.4) is 0 Å². The SMILES string of the molecule is C[C@H]1COCCN1c1nc(N2CCOC[C@@H]2C)c2cc[c]([Al][CH2]O)nc2n1. The van der Waals surface area contributed by atoms with Crippen molar-refractivity contribution in [2.24, 2.45) is 0 Å². The van der Waals surface area contributed by atoms with Gasteiger partial charge in [0.2, 0.25) is 5.95 Å². The smallest absolute Gasteiger partial charge is 0.323 e. The molecule has 1 N–H and O–H groups in total. The highest BCUT2D eigenvalue weighted by Crippen LogP contribution is 2.28. The van der Waals surface area contributed by atoms with Gasteiger partial charge in [0.05, 0.1) is 43.9 Å². The van der Waals surface area contributed by atoms with E-state index >= 15 is 0 Å². The monoisotopic (exact) mass is 386 g/mol. The van der Waals surface area contributed by atoms with E-state index in [9.17, 15) is 5.11 Å². The summed E-state index contributed by atoms with van der Waals surface area (Å²) in [5, 5.41) is 10.3. The number of aliphatic hydroxyl groups excluding tert-OH is 1. The van der Waals surface area contributed by atoms with Gasteiger partial charge in [-0.15, -0.1) is 0 Å². The zero-order chi connectivity index (χ0) is 18.8. The van der Waals surface area contributed by atoms with E-state index < -0.39 is 0 Å². The lowest BCUT2D eigenvalue weighted by Crippen LogP contribution is -2.46. The molecule has 2 aliphatic heterocycles. The summed E-state index contributed by atoms with van der Waals surface area (Å²) in [5.41, 5.74) is 0.857. The highest BCUT2D eigenvalue weighted by Gasteiger charge is 2.27. The minimum atomic E-state index is -0.250. The molecule has 2 atom stereocenters. The number of fused-ring (bicyclic) bond motifs is 1. The average molecular weight is 386 g/mol. The Kier molecular flexibility index (Phi) is 5.76. The predicted octanol–water partition coefficient (Wildman–Crippen LogP) is -0.246. The molecule has 4 rings (SSSR count). The molecule has 2 aromatic rings. The maximum Gasteiger partial charge on any atom is 0.323 e. The maximum absolute atomic E-state index is 9.30. The molecular weight excluding hydrogens is 361 g/mol. The molecule has 4 heterocycles. The van der Waals surface area contributed by atoms with Gasteiger partial charge in [0.25, 0.3) is 0 Å². The zero-order valence-corrected chi connectivity index (χ0v) is 17.0. The Hall–Kier alpha value is -1.50. The van der Waals surface area contributed by atoms with E-state index in [0.717, 1.165) is 28.8 Å². The van der Waals surface area contributed by atoms with Gasteiger partial charge in [0.1, 0.15) is 5.82 Å². The summed E-state index contributed by atoms with van der Waals surface area (Å²) in [5.74, 6) is 1.62. The number of anilines is 2. The average Bonchev–Trinajstić information content (AvgIpc) is 2.68.